The highest BCUT2D eigenvalue weighted by Gasteiger charge is 2.24. The van der Waals surface area contributed by atoms with E-state index in [-0.39, 0.29) is 19.0 Å². The summed E-state index contributed by atoms with van der Waals surface area (Å²) in [7, 11) is 0. The summed E-state index contributed by atoms with van der Waals surface area (Å²) in [4.78, 5) is 23.4. The van der Waals surface area contributed by atoms with Gasteiger partial charge in [-0.25, -0.2) is 0 Å². The van der Waals surface area contributed by atoms with Gasteiger partial charge in [0.05, 0.1) is 12.3 Å². The first-order chi connectivity index (χ1) is 9.28. The molecule has 0 aliphatic heterocycles. The molecule has 0 fully saturated rings. The van der Waals surface area contributed by atoms with Gasteiger partial charge in [0, 0.05) is 0 Å². The number of esters is 2. The smallest absolute Gasteiger partial charge is 0.309 e. The number of carbonyl (C=O) groups is 2. The maximum absolute atomic E-state index is 11.7. The lowest BCUT2D eigenvalue weighted by Gasteiger charge is -2.21. The van der Waals surface area contributed by atoms with Crippen molar-refractivity contribution in [3.63, 3.8) is 0 Å². The van der Waals surface area contributed by atoms with Crippen LogP contribution >= 0.6 is 0 Å². The molecule has 0 spiro atoms. The van der Waals surface area contributed by atoms with Crippen LogP contribution in [-0.2, 0) is 25.7 Å². The molecule has 0 bridgehead atoms. The average molecular weight is 278 g/mol. The summed E-state index contributed by atoms with van der Waals surface area (Å²) in [6.07, 6.45) is 0.0295. The van der Waals surface area contributed by atoms with Gasteiger partial charge in [-0.2, -0.15) is 0 Å². The molecule has 0 saturated heterocycles. The third-order valence-corrected chi connectivity index (χ3v) is 2.52. The summed E-state index contributed by atoms with van der Waals surface area (Å²) >= 11 is 0. The highest BCUT2D eigenvalue weighted by Crippen LogP contribution is 2.14. The summed E-state index contributed by atoms with van der Waals surface area (Å²) < 4.78 is 10.3. The molecular weight excluding hydrogens is 256 g/mol. The van der Waals surface area contributed by atoms with Crippen molar-refractivity contribution in [3.8, 4) is 0 Å². The highest BCUT2D eigenvalue weighted by molar-refractivity contribution is 5.79. The van der Waals surface area contributed by atoms with Crippen LogP contribution in [0.1, 0.15) is 39.7 Å². The van der Waals surface area contributed by atoms with Crippen molar-refractivity contribution in [1.82, 2.24) is 0 Å². The molecule has 1 atom stereocenters. The van der Waals surface area contributed by atoms with Gasteiger partial charge in [0.1, 0.15) is 12.2 Å². The maximum atomic E-state index is 11.7. The first kappa shape index (κ1) is 16.2. The summed E-state index contributed by atoms with van der Waals surface area (Å²) in [6, 6.07) is 9.42. The molecule has 0 saturated carbocycles. The zero-order valence-corrected chi connectivity index (χ0v) is 12.5. The highest BCUT2D eigenvalue weighted by atomic mass is 16.6. The van der Waals surface area contributed by atoms with E-state index in [1.807, 2.05) is 30.3 Å². The van der Waals surface area contributed by atoms with Gasteiger partial charge in [-0.1, -0.05) is 37.3 Å². The number of benzene rings is 1. The summed E-state index contributed by atoms with van der Waals surface area (Å²) in [5.41, 5.74) is 0.380. The van der Waals surface area contributed by atoms with Gasteiger partial charge >= 0.3 is 11.9 Å². The molecule has 0 unspecified atom stereocenters. The Morgan fingerprint density at radius 2 is 1.75 bits per heavy atom. The van der Waals surface area contributed by atoms with E-state index in [0.29, 0.717) is 0 Å². The molecule has 0 amide bonds. The molecule has 0 heterocycles. The molecule has 1 rings (SSSR count). The third kappa shape index (κ3) is 6.36. The fourth-order valence-corrected chi connectivity index (χ4v) is 1.53. The summed E-state index contributed by atoms with van der Waals surface area (Å²) in [5.74, 6) is -1.28. The molecule has 4 heteroatoms. The number of rotatable bonds is 5. The molecule has 110 valence electrons. The number of hydrogen-bond acceptors (Lipinski definition) is 4. The second-order valence-corrected chi connectivity index (χ2v) is 5.78. The Labute approximate surface area is 120 Å². The lowest BCUT2D eigenvalue weighted by Crippen LogP contribution is -2.28. The summed E-state index contributed by atoms with van der Waals surface area (Å²) in [6.45, 7) is 7.28. The Morgan fingerprint density at radius 1 is 1.15 bits per heavy atom. The molecule has 0 aliphatic carbocycles. The maximum Gasteiger partial charge on any atom is 0.309 e. The number of carbonyl (C=O) groups excluding carboxylic acids is 2. The minimum Gasteiger partial charge on any atom is -0.461 e. The Hall–Kier alpha value is -1.84. The number of ether oxygens (including phenoxy) is 2. The topological polar surface area (TPSA) is 52.6 Å². The number of hydrogen-bond donors (Lipinski definition) is 0. The molecule has 0 aliphatic rings. The Bertz CT molecular complexity index is 445. The third-order valence-electron chi connectivity index (χ3n) is 2.52. The lowest BCUT2D eigenvalue weighted by atomic mass is 10.1. The lowest BCUT2D eigenvalue weighted by molar-refractivity contribution is -0.163. The Kier molecular flexibility index (Phi) is 5.74. The van der Waals surface area contributed by atoms with Crippen LogP contribution in [0.3, 0.4) is 0 Å². The van der Waals surface area contributed by atoms with Crippen molar-refractivity contribution >= 4 is 11.9 Å². The van der Waals surface area contributed by atoms with Crippen LogP contribution in [0, 0.1) is 5.92 Å². The van der Waals surface area contributed by atoms with Gasteiger partial charge < -0.3 is 9.47 Å². The molecule has 0 N–H and O–H groups in total. The predicted molar refractivity (Wildman–Crippen MR) is 75.9 cm³/mol. The Morgan fingerprint density at radius 3 is 2.30 bits per heavy atom. The van der Waals surface area contributed by atoms with E-state index < -0.39 is 17.5 Å². The van der Waals surface area contributed by atoms with E-state index in [0.717, 1.165) is 5.56 Å². The minimum atomic E-state index is -0.542. The van der Waals surface area contributed by atoms with Gasteiger partial charge in [-0.05, 0) is 26.3 Å². The van der Waals surface area contributed by atoms with Gasteiger partial charge in [0.15, 0.2) is 0 Å². The molecule has 20 heavy (non-hydrogen) atoms. The molecule has 4 nitrogen and oxygen atoms in total. The predicted octanol–water partition coefficient (Wildman–Crippen LogP) is 3.10. The van der Waals surface area contributed by atoms with E-state index in [4.69, 9.17) is 9.47 Å². The van der Waals surface area contributed by atoms with Crippen LogP contribution in [-0.4, -0.2) is 17.5 Å². The van der Waals surface area contributed by atoms with Crippen molar-refractivity contribution in [2.75, 3.05) is 0 Å². The van der Waals surface area contributed by atoms with Crippen molar-refractivity contribution in [2.45, 2.75) is 46.3 Å². The second-order valence-electron chi connectivity index (χ2n) is 5.78. The first-order valence-electron chi connectivity index (χ1n) is 6.70. The van der Waals surface area contributed by atoms with Gasteiger partial charge in [0.25, 0.3) is 0 Å². The average Bonchev–Trinajstić information content (AvgIpc) is 2.35. The van der Waals surface area contributed by atoms with E-state index >= 15 is 0 Å². The first-order valence-corrected chi connectivity index (χ1v) is 6.70. The zero-order valence-electron chi connectivity index (χ0n) is 12.5. The molecule has 1 aromatic rings. The fraction of sp³-hybridized carbons (Fsp3) is 0.500. The molecule has 1 aromatic carbocycles. The van der Waals surface area contributed by atoms with Crippen molar-refractivity contribution in [2.24, 2.45) is 5.92 Å². The largest absolute Gasteiger partial charge is 0.461 e. The van der Waals surface area contributed by atoms with Crippen LogP contribution in [0.25, 0.3) is 0 Å². The van der Waals surface area contributed by atoms with E-state index in [2.05, 4.69) is 0 Å². The van der Waals surface area contributed by atoms with Crippen molar-refractivity contribution in [3.05, 3.63) is 35.9 Å². The second kappa shape index (κ2) is 7.08. The van der Waals surface area contributed by atoms with Crippen LogP contribution in [0.15, 0.2) is 30.3 Å². The molecule has 0 radical (unpaired) electrons. The monoisotopic (exact) mass is 278 g/mol. The van der Waals surface area contributed by atoms with E-state index in [9.17, 15) is 9.59 Å². The van der Waals surface area contributed by atoms with Crippen LogP contribution in [0.4, 0.5) is 0 Å². The summed E-state index contributed by atoms with van der Waals surface area (Å²) in [5, 5.41) is 0. The van der Waals surface area contributed by atoms with Crippen LogP contribution in [0.2, 0.25) is 0 Å². The zero-order chi connectivity index (χ0) is 15.2. The SMILES string of the molecule is C[C@@H](CC(=O)OCc1ccccc1)C(=O)OC(C)(C)C. The van der Waals surface area contributed by atoms with E-state index in [1.165, 1.54) is 0 Å². The van der Waals surface area contributed by atoms with Crippen molar-refractivity contribution < 1.29 is 19.1 Å². The van der Waals surface area contributed by atoms with Gasteiger partial charge in [-0.15, -0.1) is 0 Å². The Balaban J connectivity index is 2.36. The van der Waals surface area contributed by atoms with Crippen LogP contribution < -0.4 is 0 Å². The standard InChI is InChI=1S/C16H22O4/c1-12(15(18)20-16(2,3)4)10-14(17)19-11-13-8-6-5-7-9-13/h5-9,12H,10-11H2,1-4H3/t12-/m0/s1. The fourth-order valence-electron chi connectivity index (χ4n) is 1.53. The minimum absolute atomic E-state index is 0.0295. The normalized spacial score (nSPS) is 12.6. The molecule has 0 aromatic heterocycles. The van der Waals surface area contributed by atoms with Crippen LogP contribution in [0.5, 0.6) is 0 Å². The molecular formula is C16H22O4. The quantitative estimate of drug-likeness (QED) is 0.777. The van der Waals surface area contributed by atoms with E-state index in [1.54, 1.807) is 27.7 Å². The van der Waals surface area contributed by atoms with Crippen molar-refractivity contribution in [1.29, 1.82) is 0 Å². The van der Waals surface area contributed by atoms with Gasteiger partial charge in [-0.3, -0.25) is 9.59 Å². The van der Waals surface area contributed by atoms with Gasteiger partial charge in [0.2, 0.25) is 0 Å².